The van der Waals surface area contributed by atoms with Crippen molar-refractivity contribution in [2.24, 2.45) is 0 Å². The van der Waals surface area contributed by atoms with E-state index in [2.05, 4.69) is 34.5 Å². The molecule has 1 amide bonds. The van der Waals surface area contributed by atoms with Crippen molar-refractivity contribution in [2.75, 3.05) is 38.6 Å². The van der Waals surface area contributed by atoms with E-state index in [1.807, 2.05) is 60.7 Å². The van der Waals surface area contributed by atoms with Crippen molar-refractivity contribution in [2.45, 2.75) is 10.9 Å². The van der Waals surface area contributed by atoms with Crippen molar-refractivity contribution in [3.05, 3.63) is 132 Å². The van der Waals surface area contributed by atoms with E-state index >= 15 is 0 Å². The SMILES string of the molecule is COc1ccc(C=CC(=O)Nc2ccc(S(=O)(=O)N3CCN(C(c4ccccc4)c4ccccc4)CC3)cc2)cc1. The van der Waals surface area contributed by atoms with Gasteiger partial charge in [0.05, 0.1) is 18.0 Å². The van der Waals surface area contributed by atoms with Crippen LogP contribution in [0, 0.1) is 0 Å². The van der Waals surface area contributed by atoms with Crippen LogP contribution in [0.25, 0.3) is 6.08 Å². The summed E-state index contributed by atoms with van der Waals surface area (Å²) < 4.78 is 33.6. The van der Waals surface area contributed by atoms with Gasteiger partial charge in [-0.3, -0.25) is 9.69 Å². The molecule has 8 heteroatoms. The molecule has 7 nitrogen and oxygen atoms in total. The van der Waals surface area contributed by atoms with Crippen LogP contribution in [-0.2, 0) is 14.8 Å². The monoisotopic (exact) mass is 567 g/mol. The van der Waals surface area contributed by atoms with E-state index in [1.54, 1.807) is 41.8 Å². The van der Waals surface area contributed by atoms with E-state index in [-0.39, 0.29) is 16.8 Å². The van der Waals surface area contributed by atoms with Crippen LogP contribution in [0.1, 0.15) is 22.7 Å². The molecule has 4 aromatic rings. The molecule has 41 heavy (non-hydrogen) atoms. The normalized spacial score (nSPS) is 14.8. The van der Waals surface area contributed by atoms with Crippen LogP contribution in [0.3, 0.4) is 0 Å². The highest BCUT2D eigenvalue weighted by Gasteiger charge is 2.32. The molecule has 1 aliphatic heterocycles. The fourth-order valence-electron chi connectivity index (χ4n) is 5.02. The summed E-state index contributed by atoms with van der Waals surface area (Å²) in [6, 6.07) is 34.4. The number of sulfonamides is 1. The molecule has 5 rings (SSSR count). The molecule has 4 aromatic carbocycles. The number of carbonyl (C=O) groups excluding carboxylic acids is 1. The Morgan fingerprint density at radius 3 is 1.88 bits per heavy atom. The minimum atomic E-state index is -3.67. The quantitative estimate of drug-likeness (QED) is 0.273. The maximum atomic E-state index is 13.4. The molecule has 1 fully saturated rings. The largest absolute Gasteiger partial charge is 0.497 e. The summed E-state index contributed by atoms with van der Waals surface area (Å²) in [5.74, 6) is 0.436. The number of ether oxygens (including phenoxy) is 1. The van der Waals surface area contributed by atoms with Gasteiger partial charge in [0.25, 0.3) is 0 Å². The third-order valence-corrected chi connectivity index (χ3v) is 9.08. The van der Waals surface area contributed by atoms with Gasteiger partial charge in [0.15, 0.2) is 0 Å². The molecule has 0 aromatic heterocycles. The first-order chi connectivity index (χ1) is 19.9. The summed E-state index contributed by atoms with van der Waals surface area (Å²) in [4.78, 5) is 14.9. The zero-order valence-corrected chi connectivity index (χ0v) is 23.7. The third-order valence-electron chi connectivity index (χ3n) is 7.17. The first-order valence-electron chi connectivity index (χ1n) is 13.5. The van der Waals surface area contributed by atoms with E-state index in [9.17, 15) is 13.2 Å². The number of rotatable bonds is 9. The topological polar surface area (TPSA) is 78.9 Å². The van der Waals surface area contributed by atoms with Gasteiger partial charge in [-0.15, -0.1) is 0 Å². The zero-order valence-electron chi connectivity index (χ0n) is 22.9. The molecule has 0 radical (unpaired) electrons. The van der Waals surface area contributed by atoms with Crippen LogP contribution in [0.5, 0.6) is 5.75 Å². The fraction of sp³-hybridized carbons (Fsp3) is 0.182. The van der Waals surface area contributed by atoms with Crippen LogP contribution < -0.4 is 10.1 Å². The van der Waals surface area contributed by atoms with Gasteiger partial charge >= 0.3 is 0 Å². The second kappa shape index (κ2) is 13.0. The van der Waals surface area contributed by atoms with E-state index in [4.69, 9.17) is 4.74 Å². The maximum Gasteiger partial charge on any atom is 0.248 e. The third kappa shape index (κ3) is 6.92. The number of piperazine rings is 1. The Kier molecular flexibility index (Phi) is 8.94. The highest BCUT2D eigenvalue weighted by Crippen LogP contribution is 2.30. The second-order valence-corrected chi connectivity index (χ2v) is 11.7. The van der Waals surface area contributed by atoms with Crippen molar-refractivity contribution in [3.63, 3.8) is 0 Å². The molecule has 0 unspecified atom stereocenters. The number of anilines is 1. The maximum absolute atomic E-state index is 13.4. The minimum absolute atomic E-state index is 0.0592. The number of benzene rings is 4. The Morgan fingerprint density at radius 1 is 0.780 bits per heavy atom. The standard InChI is InChI=1S/C33H33N3O4S/c1-40-30-17-12-26(13-18-30)14-21-32(37)34-29-15-19-31(20-16-29)41(38,39)36-24-22-35(23-25-36)33(27-8-4-2-5-9-27)28-10-6-3-7-11-28/h2-21,33H,22-25H2,1H3,(H,34,37). The van der Waals surface area contributed by atoms with Gasteiger partial charge in [0, 0.05) is 37.9 Å². The summed E-state index contributed by atoms with van der Waals surface area (Å²) in [6.07, 6.45) is 3.14. The Hall–Kier alpha value is -4.24. The molecule has 0 spiro atoms. The van der Waals surface area contributed by atoms with Gasteiger partial charge in [0.2, 0.25) is 15.9 Å². The summed E-state index contributed by atoms with van der Waals surface area (Å²) in [6.45, 7) is 2.02. The van der Waals surface area contributed by atoms with Crippen LogP contribution in [-0.4, -0.2) is 56.8 Å². The van der Waals surface area contributed by atoms with E-state index in [0.29, 0.717) is 31.9 Å². The van der Waals surface area contributed by atoms with Crippen molar-refractivity contribution >= 4 is 27.7 Å². The van der Waals surface area contributed by atoms with Crippen LogP contribution in [0.2, 0.25) is 0 Å². The van der Waals surface area contributed by atoms with Gasteiger partial charge in [-0.2, -0.15) is 4.31 Å². The number of hydrogen-bond acceptors (Lipinski definition) is 5. The van der Waals surface area contributed by atoms with Crippen LogP contribution >= 0.6 is 0 Å². The number of methoxy groups -OCH3 is 1. The van der Waals surface area contributed by atoms with Crippen LogP contribution in [0.4, 0.5) is 5.69 Å². The molecule has 210 valence electrons. The molecule has 0 bridgehead atoms. The number of nitrogens with zero attached hydrogens (tertiary/aromatic N) is 2. The first kappa shape index (κ1) is 28.3. The second-order valence-electron chi connectivity index (χ2n) is 9.78. The summed E-state index contributed by atoms with van der Waals surface area (Å²) in [7, 11) is -2.07. The number of nitrogens with one attached hydrogen (secondary N) is 1. The van der Waals surface area contributed by atoms with Crippen molar-refractivity contribution < 1.29 is 17.9 Å². The molecule has 1 N–H and O–H groups in total. The van der Waals surface area contributed by atoms with E-state index < -0.39 is 10.0 Å². The number of carbonyl (C=O) groups is 1. The predicted molar refractivity (Wildman–Crippen MR) is 162 cm³/mol. The highest BCUT2D eigenvalue weighted by molar-refractivity contribution is 7.89. The van der Waals surface area contributed by atoms with Gasteiger partial charge in [-0.1, -0.05) is 72.8 Å². The molecule has 0 saturated carbocycles. The average Bonchev–Trinajstić information content (AvgIpc) is 3.02. The molecular formula is C33H33N3O4S. The molecule has 1 heterocycles. The lowest BCUT2D eigenvalue weighted by Gasteiger charge is -2.39. The molecule has 1 aliphatic rings. The van der Waals surface area contributed by atoms with Crippen molar-refractivity contribution in [1.82, 2.24) is 9.21 Å². The average molecular weight is 568 g/mol. The van der Waals surface area contributed by atoms with Crippen molar-refractivity contribution in [1.29, 1.82) is 0 Å². The molecular weight excluding hydrogens is 534 g/mol. The Balaban J connectivity index is 1.21. The fourth-order valence-corrected chi connectivity index (χ4v) is 6.44. The zero-order chi connectivity index (χ0) is 28.7. The van der Waals surface area contributed by atoms with Gasteiger partial charge < -0.3 is 10.1 Å². The first-order valence-corrected chi connectivity index (χ1v) is 15.0. The molecule has 1 saturated heterocycles. The van der Waals surface area contributed by atoms with Gasteiger partial charge in [-0.25, -0.2) is 8.42 Å². The van der Waals surface area contributed by atoms with Gasteiger partial charge in [0.1, 0.15) is 5.75 Å². The van der Waals surface area contributed by atoms with E-state index in [1.165, 1.54) is 17.2 Å². The number of amides is 1. The summed E-state index contributed by atoms with van der Waals surface area (Å²) in [5, 5.41) is 2.78. The lowest BCUT2D eigenvalue weighted by Crippen LogP contribution is -2.49. The minimum Gasteiger partial charge on any atom is -0.497 e. The highest BCUT2D eigenvalue weighted by atomic mass is 32.2. The Morgan fingerprint density at radius 2 is 1.34 bits per heavy atom. The lowest BCUT2D eigenvalue weighted by atomic mass is 9.96. The van der Waals surface area contributed by atoms with E-state index in [0.717, 1.165) is 11.3 Å². The van der Waals surface area contributed by atoms with Crippen LogP contribution in [0.15, 0.2) is 120 Å². The predicted octanol–water partition coefficient (Wildman–Crippen LogP) is 5.44. The molecule has 0 atom stereocenters. The summed E-state index contributed by atoms with van der Waals surface area (Å²) >= 11 is 0. The Bertz CT molecular complexity index is 1530. The smallest absolute Gasteiger partial charge is 0.248 e. The summed E-state index contributed by atoms with van der Waals surface area (Å²) in [5.41, 5.74) is 3.76. The lowest BCUT2D eigenvalue weighted by molar-refractivity contribution is -0.111. The molecule has 0 aliphatic carbocycles. The Labute approximate surface area is 241 Å². The van der Waals surface area contributed by atoms with Gasteiger partial charge in [-0.05, 0) is 59.2 Å². The van der Waals surface area contributed by atoms with Crippen molar-refractivity contribution in [3.8, 4) is 5.75 Å². The number of hydrogen-bond donors (Lipinski definition) is 1.